The van der Waals surface area contributed by atoms with Gasteiger partial charge in [0, 0.05) is 29.9 Å². The predicted octanol–water partition coefficient (Wildman–Crippen LogP) is 7.61. The van der Waals surface area contributed by atoms with Crippen LogP contribution in [0.2, 0.25) is 0 Å². The zero-order chi connectivity index (χ0) is 38.0. The van der Waals surface area contributed by atoms with Crippen LogP contribution in [0.4, 0.5) is 39.5 Å². The zero-order valence-corrected chi connectivity index (χ0v) is 27.9. The van der Waals surface area contributed by atoms with Crippen molar-refractivity contribution in [1.29, 1.82) is 0 Å². The first-order chi connectivity index (χ1) is 22.9. The lowest BCUT2D eigenvalue weighted by molar-refractivity contribution is -0.140. The van der Waals surface area contributed by atoms with Gasteiger partial charge in [-0.1, -0.05) is 19.9 Å². The Hall–Kier alpha value is -4.34. The SMILES string of the molecule is Cc1ccc(F)c(C)c1-c1cc(C(F)(F)F)c(F)c(C(CC(=O)O)NC(=O)C(CC(C)C)n2cc(CCN(C)C)c(C(F)(F)F)cc2=O)c1F. The van der Waals surface area contributed by atoms with Crippen molar-refractivity contribution in [1.82, 2.24) is 14.8 Å². The summed E-state index contributed by atoms with van der Waals surface area (Å²) < 4.78 is 131. The van der Waals surface area contributed by atoms with E-state index in [1.807, 2.05) is 0 Å². The van der Waals surface area contributed by atoms with E-state index in [-0.39, 0.29) is 47.7 Å². The smallest absolute Gasteiger partial charge is 0.419 e. The number of hydrogen-bond acceptors (Lipinski definition) is 4. The number of carboxylic acids is 1. The number of alkyl halides is 6. The van der Waals surface area contributed by atoms with E-state index in [0.29, 0.717) is 10.6 Å². The molecule has 2 N–H and O–H groups in total. The second kappa shape index (κ2) is 15.3. The minimum atomic E-state index is -5.47. The van der Waals surface area contributed by atoms with Crippen LogP contribution in [0.25, 0.3) is 11.1 Å². The number of carbonyl (C=O) groups is 2. The number of amides is 1. The molecular formula is C34H36F9N3O4. The number of nitrogens with one attached hydrogen (secondary N) is 1. The highest BCUT2D eigenvalue weighted by Crippen LogP contribution is 2.42. The molecule has 0 fully saturated rings. The minimum absolute atomic E-state index is 0.0936. The van der Waals surface area contributed by atoms with E-state index in [2.05, 4.69) is 5.32 Å². The van der Waals surface area contributed by atoms with E-state index >= 15 is 8.78 Å². The second-order valence-corrected chi connectivity index (χ2v) is 12.7. The molecule has 16 heteroatoms. The van der Waals surface area contributed by atoms with Crippen molar-refractivity contribution >= 4 is 11.9 Å². The van der Waals surface area contributed by atoms with Crippen LogP contribution in [-0.4, -0.2) is 47.1 Å². The normalized spacial score (nSPS) is 13.5. The van der Waals surface area contributed by atoms with Crippen molar-refractivity contribution < 1.29 is 54.2 Å². The van der Waals surface area contributed by atoms with Gasteiger partial charge in [-0.3, -0.25) is 14.4 Å². The quantitative estimate of drug-likeness (QED) is 0.188. The number of carboxylic acid groups (broad SMARTS) is 1. The maximum Gasteiger partial charge on any atom is 0.419 e. The van der Waals surface area contributed by atoms with Gasteiger partial charge < -0.3 is 19.9 Å². The monoisotopic (exact) mass is 721 g/mol. The molecule has 50 heavy (non-hydrogen) atoms. The van der Waals surface area contributed by atoms with Crippen LogP contribution < -0.4 is 10.9 Å². The fourth-order valence-electron chi connectivity index (χ4n) is 5.69. The Labute approximate surface area is 281 Å². The van der Waals surface area contributed by atoms with Crippen LogP contribution >= 0.6 is 0 Å². The molecule has 274 valence electrons. The number of aliphatic carboxylic acids is 1. The highest BCUT2D eigenvalue weighted by molar-refractivity contribution is 5.82. The molecule has 0 aliphatic carbocycles. The lowest BCUT2D eigenvalue weighted by Gasteiger charge is -2.27. The van der Waals surface area contributed by atoms with Gasteiger partial charge in [-0.25, -0.2) is 13.2 Å². The highest BCUT2D eigenvalue weighted by Gasteiger charge is 2.41. The number of nitrogens with zero attached hydrogens (tertiary/aromatic N) is 2. The Bertz CT molecular complexity index is 1820. The van der Waals surface area contributed by atoms with Crippen LogP contribution in [-0.2, 0) is 28.4 Å². The molecular weight excluding hydrogens is 685 g/mol. The molecule has 3 rings (SSSR count). The van der Waals surface area contributed by atoms with Gasteiger partial charge in [0.15, 0.2) is 0 Å². The maximum atomic E-state index is 16.3. The molecule has 1 amide bonds. The van der Waals surface area contributed by atoms with Gasteiger partial charge >= 0.3 is 18.3 Å². The van der Waals surface area contributed by atoms with Gasteiger partial charge in [-0.05, 0) is 81.1 Å². The molecule has 0 bridgehead atoms. The van der Waals surface area contributed by atoms with Gasteiger partial charge in [0.1, 0.15) is 23.5 Å². The van der Waals surface area contributed by atoms with Gasteiger partial charge in [0.2, 0.25) is 5.91 Å². The topological polar surface area (TPSA) is 91.6 Å². The zero-order valence-electron chi connectivity index (χ0n) is 27.9. The summed E-state index contributed by atoms with van der Waals surface area (Å²) in [5.41, 5.74) is -7.91. The number of aromatic nitrogens is 1. The van der Waals surface area contributed by atoms with E-state index in [0.717, 1.165) is 25.3 Å². The van der Waals surface area contributed by atoms with Crippen LogP contribution in [0.3, 0.4) is 0 Å². The van der Waals surface area contributed by atoms with Crippen LogP contribution in [0.1, 0.15) is 72.2 Å². The number of benzene rings is 2. The molecule has 0 spiro atoms. The first kappa shape index (κ1) is 40.1. The van der Waals surface area contributed by atoms with Crippen molar-refractivity contribution in [3.8, 4) is 11.1 Å². The average Bonchev–Trinajstić information content (AvgIpc) is 2.96. The van der Waals surface area contributed by atoms with Crippen molar-refractivity contribution in [2.24, 2.45) is 5.92 Å². The Morgan fingerprint density at radius 3 is 2.06 bits per heavy atom. The van der Waals surface area contributed by atoms with E-state index < -0.39 is 93.9 Å². The summed E-state index contributed by atoms with van der Waals surface area (Å²) in [6.07, 6.45) is -11.4. The van der Waals surface area contributed by atoms with Gasteiger partial charge in [-0.2, -0.15) is 26.3 Å². The summed E-state index contributed by atoms with van der Waals surface area (Å²) in [5, 5.41) is 11.7. The van der Waals surface area contributed by atoms with E-state index in [1.165, 1.54) is 6.92 Å². The first-order valence-corrected chi connectivity index (χ1v) is 15.3. The van der Waals surface area contributed by atoms with E-state index in [1.54, 1.807) is 32.8 Å². The average molecular weight is 722 g/mol. The van der Waals surface area contributed by atoms with E-state index in [9.17, 15) is 50.2 Å². The van der Waals surface area contributed by atoms with Crippen LogP contribution in [0.15, 0.2) is 35.3 Å². The van der Waals surface area contributed by atoms with Crippen molar-refractivity contribution in [2.75, 3.05) is 20.6 Å². The third-order valence-corrected chi connectivity index (χ3v) is 8.09. The lowest BCUT2D eigenvalue weighted by atomic mass is 9.89. The molecule has 0 aliphatic rings. The summed E-state index contributed by atoms with van der Waals surface area (Å²) >= 11 is 0. The molecule has 0 radical (unpaired) electrons. The summed E-state index contributed by atoms with van der Waals surface area (Å²) in [4.78, 5) is 40.4. The standard InChI is InChI=1S/C34H36F9N3O4/c1-16(2)11-25(46-15-19(9-10-45(5)6)21(13-26(46)47)33(38,39)40)32(50)44-24(14-27(48)49)29-30(36)20(12-22(31(29)37)34(41,42)43)28-17(3)7-8-23(35)18(28)4/h7-8,12-13,15-16,24-25H,9-11,14H2,1-6H3,(H,44,50)(H,48,49). The summed E-state index contributed by atoms with van der Waals surface area (Å²) in [6, 6.07) is -1.47. The number of aryl methyl sites for hydroxylation is 1. The molecule has 1 aromatic heterocycles. The number of carbonyl (C=O) groups excluding carboxylic acids is 1. The minimum Gasteiger partial charge on any atom is -0.481 e. The molecule has 2 unspecified atom stereocenters. The second-order valence-electron chi connectivity index (χ2n) is 12.7. The number of hydrogen-bond donors (Lipinski definition) is 2. The first-order valence-electron chi connectivity index (χ1n) is 15.3. The molecule has 7 nitrogen and oxygen atoms in total. The summed E-state index contributed by atoms with van der Waals surface area (Å²) in [6.45, 7) is 5.75. The Morgan fingerprint density at radius 2 is 1.54 bits per heavy atom. The molecule has 2 aromatic carbocycles. The highest BCUT2D eigenvalue weighted by atomic mass is 19.4. The third kappa shape index (κ3) is 9.06. The maximum absolute atomic E-state index is 16.3. The summed E-state index contributed by atoms with van der Waals surface area (Å²) in [5.74, 6) is -8.43. The number of pyridine rings is 1. The molecule has 0 saturated heterocycles. The predicted molar refractivity (Wildman–Crippen MR) is 166 cm³/mol. The molecule has 0 aliphatic heterocycles. The van der Waals surface area contributed by atoms with Crippen LogP contribution in [0, 0.1) is 37.2 Å². The van der Waals surface area contributed by atoms with Crippen molar-refractivity contribution in [3.63, 3.8) is 0 Å². The summed E-state index contributed by atoms with van der Waals surface area (Å²) in [7, 11) is 3.19. The van der Waals surface area contributed by atoms with Crippen molar-refractivity contribution in [2.45, 2.75) is 71.4 Å². The van der Waals surface area contributed by atoms with Gasteiger partial charge in [0.05, 0.1) is 23.6 Å². The largest absolute Gasteiger partial charge is 0.481 e. The lowest BCUT2D eigenvalue weighted by Crippen LogP contribution is -2.41. The fourth-order valence-corrected chi connectivity index (χ4v) is 5.69. The Kier molecular flexibility index (Phi) is 12.2. The Morgan fingerprint density at radius 1 is 0.940 bits per heavy atom. The van der Waals surface area contributed by atoms with Crippen molar-refractivity contribution in [3.05, 3.63) is 91.6 Å². The molecule has 0 saturated carbocycles. The fraction of sp³-hybridized carbons (Fsp3) is 0.441. The van der Waals surface area contributed by atoms with E-state index in [4.69, 9.17) is 0 Å². The van der Waals surface area contributed by atoms with Crippen LogP contribution in [0.5, 0.6) is 0 Å². The molecule has 3 aromatic rings. The molecule has 1 heterocycles. The number of rotatable bonds is 12. The van der Waals surface area contributed by atoms with Gasteiger partial charge in [0.25, 0.3) is 5.56 Å². The van der Waals surface area contributed by atoms with Gasteiger partial charge in [-0.15, -0.1) is 0 Å². The number of halogens is 9. The number of likely N-dealkylation sites (N-methyl/N-ethyl adjacent to an activating group) is 1. The third-order valence-electron chi connectivity index (χ3n) is 8.09. The Balaban J connectivity index is 2.30. The molecule has 2 atom stereocenters.